The summed E-state index contributed by atoms with van der Waals surface area (Å²) in [5.41, 5.74) is 2.59. The zero-order valence-electron chi connectivity index (χ0n) is 12.2. The number of carbonyl (C=O) groups is 1. The van der Waals surface area contributed by atoms with E-state index < -0.39 is 0 Å². The van der Waals surface area contributed by atoms with Gasteiger partial charge >= 0.3 is 6.03 Å². The van der Waals surface area contributed by atoms with E-state index in [1.165, 1.54) is 0 Å². The van der Waals surface area contributed by atoms with Gasteiger partial charge in [0.15, 0.2) is 0 Å². The molecule has 0 radical (unpaired) electrons. The first-order valence-corrected chi connectivity index (χ1v) is 7.07. The van der Waals surface area contributed by atoms with Gasteiger partial charge < -0.3 is 15.2 Å². The molecule has 0 saturated carbocycles. The number of aromatic nitrogens is 1. The molecule has 1 aromatic heterocycles. The third-order valence-electron chi connectivity index (χ3n) is 3.32. The van der Waals surface area contributed by atoms with Crippen LogP contribution in [0.25, 0.3) is 5.69 Å². The molecule has 3 rings (SSSR count). The molecule has 0 atom stereocenters. The summed E-state index contributed by atoms with van der Waals surface area (Å²) in [5, 5.41) is 14.4. The fourth-order valence-corrected chi connectivity index (χ4v) is 2.20. The Morgan fingerprint density at radius 1 is 0.913 bits per heavy atom. The normalized spacial score (nSPS) is 9.87. The van der Waals surface area contributed by atoms with E-state index in [0.717, 1.165) is 5.69 Å². The summed E-state index contributed by atoms with van der Waals surface area (Å²) in [7, 11) is 0. The van der Waals surface area contributed by atoms with Crippen molar-refractivity contribution in [2.75, 3.05) is 10.6 Å². The topological polar surface area (TPSA) is 69.8 Å². The number of urea groups is 1. The summed E-state index contributed by atoms with van der Waals surface area (Å²) in [6.07, 6.45) is 3.90. The Balaban J connectivity index is 1.67. The van der Waals surface area contributed by atoms with Crippen molar-refractivity contribution in [3.63, 3.8) is 0 Å². The van der Waals surface area contributed by atoms with Crippen LogP contribution in [0.5, 0.6) is 0 Å². The van der Waals surface area contributed by atoms with Gasteiger partial charge in [0, 0.05) is 23.8 Å². The minimum Gasteiger partial charge on any atom is -0.324 e. The van der Waals surface area contributed by atoms with E-state index in [4.69, 9.17) is 5.26 Å². The van der Waals surface area contributed by atoms with Gasteiger partial charge in [-0.1, -0.05) is 12.1 Å². The van der Waals surface area contributed by atoms with Crippen molar-refractivity contribution in [2.45, 2.75) is 0 Å². The number of nitriles is 1. The molecule has 0 bridgehead atoms. The van der Waals surface area contributed by atoms with E-state index in [1.807, 2.05) is 59.4 Å². The van der Waals surface area contributed by atoms with Gasteiger partial charge in [0.2, 0.25) is 0 Å². The van der Waals surface area contributed by atoms with Gasteiger partial charge in [-0.15, -0.1) is 0 Å². The second-order valence-corrected chi connectivity index (χ2v) is 4.87. The quantitative estimate of drug-likeness (QED) is 0.768. The van der Waals surface area contributed by atoms with E-state index in [-0.39, 0.29) is 6.03 Å². The predicted molar refractivity (Wildman–Crippen MR) is 89.6 cm³/mol. The standard InChI is InChI=1S/C18H14N4O/c19-13-14-5-1-2-6-17(14)21-18(23)20-15-7-9-16(10-8-15)22-11-3-4-12-22/h1-12H,(H2,20,21,23). The van der Waals surface area contributed by atoms with Crippen LogP contribution in [0.15, 0.2) is 73.1 Å². The van der Waals surface area contributed by atoms with E-state index in [2.05, 4.69) is 10.6 Å². The van der Waals surface area contributed by atoms with Crippen LogP contribution in [0.2, 0.25) is 0 Å². The fourth-order valence-electron chi connectivity index (χ4n) is 2.20. The minimum absolute atomic E-state index is 0.388. The van der Waals surface area contributed by atoms with Crippen molar-refractivity contribution in [3.05, 3.63) is 78.6 Å². The van der Waals surface area contributed by atoms with Crippen LogP contribution in [0.4, 0.5) is 16.2 Å². The molecule has 2 amide bonds. The molecule has 2 N–H and O–H groups in total. The molecule has 3 aromatic rings. The molecular weight excluding hydrogens is 288 g/mol. The third kappa shape index (κ3) is 3.39. The molecular formula is C18H14N4O. The van der Waals surface area contributed by atoms with E-state index in [9.17, 15) is 4.79 Å². The van der Waals surface area contributed by atoms with Crippen molar-refractivity contribution >= 4 is 17.4 Å². The van der Waals surface area contributed by atoms with Gasteiger partial charge in [-0.2, -0.15) is 5.26 Å². The van der Waals surface area contributed by atoms with Crippen molar-refractivity contribution in [1.82, 2.24) is 4.57 Å². The Labute approximate surface area is 133 Å². The maximum Gasteiger partial charge on any atom is 0.323 e. The molecule has 5 nitrogen and oxygen atoms in total. The first-order valence-electron chi connectivity index (χ1n) is 7.07. The number of hydrogen-bond donors (Lipinski definition) is 2. The number of carbonyl (C=O) groups excluding carboxylic acids is 1. The molecule has 5 heteroatoms. The lowest BCUT2D eigenvalue weighted by molar-refractivity contribution is 0.262. The SMILES string of the molecule is N#Cc1ccccc1NC(=O)Nc1ccc(-n2cccc2)cc1. The van der Waals surface area contributed by atoms with Crippen LogP contribution < -0.4 is 10.6 Å². The second-order valence-electron chi connectivity index (χ2n) is 4.87. The summed E-state index contributed by atoms with van der Waals surface area (Å²) in [5.74, 6) is 0. The summed E-state index contributed by atoms with van der Waals surface area (Å²) < 4.78 is 1.98. The zero-order chi connectivity index (χ0) is 16.1. The molecule has 23 heavy (non-hydrogen) atoms. The number of anilines is 2. The number of nitrogens with one attached hydrogen (secondary N) is 2. The molecule has 0 saturated heterocycles. The van der Waals surface area contributed by atoms with E-state index in [0.29, 0.717) is 16.9 Å². The third-order valence-corrected chi connectivity index (χ3v) is 3.32. The highest BCUT2D eigenvalue weighted by Crippen LogP contribution is 2.16. The molecule has 1 heterocycles. The van der Waals surface area contributed by atoms with Crippen LogP contribution >= 0.6 is 0 Å². The summed E-state index contributed by atoms with van der Waals surface area (Å²) in [6.45, 7) is 0. The number of benzene rings is 2. The second kappa shape index (κ2) is 6.50. The average molecular weight is 302 g/mol. The fraction of sp³-hybridized carbons (Fsp3) is 0. The predicted octanol–water partition coefficient (Wildman–Crippen LogP) is 3.99. The average Bonchev–Trinajstić information content (AvgIpc) is 3.10. The molecule has 0 aliphatic carbocycles. The molecule has 2 aromatic carbocycles. The molecule has 0 fully saturated rings. The van der Waals surface area contributed by atoms with Crippen LogP contribution in [0.3, 0.4) is 0 Å². The van der Waals surface area contributed by atoms with E-state index >= 15 is 0 Å². The first kappa shape index (κ1) is 14.4. The number of hydrogen-bond acceptors (Lipinski definition) is 2. The van der Waals surface area contributed by atoms with Crippen molar-refractivity contribution in [1.29, 1.82) is 5.26 Å². The van der Waals surface area contributed by atoms with E-state index in [1.54, 1.807) is 24.3 Å². The highest BCUT2D eigenvalue weighted by Gasteiger charge is 2.06. The molecule has 112 valence electrons. The maximum absolute atomic E-state index is 12.0. The minimum atomic E-state index is -0.388. The number of rotatable bonds is 3. The van der Waals surface area contributed by atoms with Crippen molar-refractivity contribution in [2.24, 2.45) is 0 Å². The zero-order valence-corrected chi connectivity index (χ0v) is 12.2. The first-order chi connectivity index (χ1) is 11.3. The highest BCUT2D eigenvalue weighted by atomic mass is 16.2. The van der Waals surface area contributed by atoms with Gasteiger partial charge in [0.05, 0.1) is 11.3 Å². The summed E-state index contributed by atoms with van der Waals surface area (Å²) in [4.78, 5) is 12.0. The highest BCUT2D eigenvalue weighted by molar-refractivity contribution is 6.00. The summed E-state index contributed by atoms with van der Waals surface area (Å²) >= 11 is 0. The van der Waals surface area contributed by atoms with Crippen LogP contribution in [0, 0.1) is 11.3 Å². The Kier molecular flexibility index (Phi) is 4.07. The maximum atomic E-state index is 12.0. The molecule has 0 aliphatic heterocycles. The molecule has 0 aliphatic rings. The number of nitrogens with zero attached hydrogens (tertiary/aromatic N) is 2. The lowest BCUT2D eigenvalue weighted by Crippen LogP contribution is -2.19. The van der Waals surface area contributed by atoms with Crippen LogP contribution in [-0.2, 0) is 0 Å². The smallest absolute Gasteiger partial charge is 0.323 e. The largest absolute Gasteiger partial charge is 0.324 e. The molecule has 0 spiro atoms. The van der Waals surface area contributed by atoms with Crippen LogP contribution in [-0.4, -0.2) is 10.6 Å². The van der Waals surface area contributed by atoms with Crippen molar-refractivity contribution < 1.29 is 4.79 Å². The number of amides is 2. The molecule has 0 unspecified atom stereocenters. The number of para-hydroxylation sites is 1. The van der Waals surface area contributed by atoms with Gasteiger partial charge in [0.1, 0.15) is 6.07 Å². The van der Waals surface area contributed by atoms with Gasteiger partial charge in [-0.05, 0) is 48.5 Å². The summed E-state index contributed by atoms with van der Waals surface area (Å²) in [6, 6.07) is 19.9. The Bertz CT molecular complexity index is 845. The lowest BCUT2D eigenvalue weighted by atomic mass is 10.2. The Morgan fingerprint density at radius 3 is 2.30 bits per heavy atom. The van der Waals surface area contributed by atoms with Crippen LogP contribution in [0.1, 0.15) is 5.56 Å². The van der Waals surface area contributed by atoms with Gasteiger partial charge in [-0.3, -0.25) is 0 Å². The van der Waals surface area contributed by atoms with Crippen molar-refractivity contribution in [3.8, 4) is 11.8 Å². The Hall–Kier alpha value is -3.52. The van der Waals surface area contributed by atoms with Gasteiger partial charge in [-0.25, -0.2) is 4.79 Å². The Morgan fingerprint density at radius 2 is 1.61 bits per heavy atom. The monoisotopic (exact) mass is 302 g/mol. The van der Waals surface area contributed by atoms with Gasteiger partial charge in [0.25, 0.3) is 0 Å². The lowest BCUT2D eigenvalue weighted by Gasteiger charge is -2.09.